The first-order chi connectivity index (χ1) is 23.0. The fourth-order valence-electron chi connectivity index (χ4n) is 5.61. The SMILES string of the molecule is COc1cc(NC(=O)C(NC(=O)c2ccnn2C)C(c2ccccc2)c2ccccc2)ccc1-c1cn(COCC[Si](C)(C)C)nc1C. The summed E-state index contributed by atoms with van der Waals surface area (Å²) in [6.07, 6.45) is 3.50. The second-order valence-corrected chi connectivity index (χ2v) is 18.6. The summed E-state index contributed by atoms with van der Waals surface area (Å²) in [6, 6.07) is 26.7. The van der Waals surface area contributed by atoms with Crippen LogP contribution in [0.4, 0.5) is 5.69 Å². The Morgan fingerprint density at radius 2 is 1.58 bits per heavy atom. The smallest absolute Gasteiger partial charge is 0.270 e. The Kier molecular flexibility index (Phi) is 10.9. The predicted molar refractivity (Wildman–Crippen MR) is 191 cm³/mol. The maximum absolute atomic E-state index is 14.3. The number of aromatic nitrogens is 4. The molecule has 0 saturated carbocycles. The number of carbonyl (C=O) groups excluding carboxylic acids is 2. The Balaban J connectivity index is 1.42. The molecular formula is C37H44N6O4Si. The lowest BCUT2D eigenvalue weighted by atomic mass is 9.84. The van der Waals surface area contributed by atoms with Crippen molar-refractivity contribution in [3.8, 4) is 16.9 Å². The van der Waals surface area contributed by atoms with Crippen LogP contribution < -0.4 is 15.4 Å². The lowest BCUT2D eigenvalue weighted by Gasteiger charge is -2.28. The van der Waals surface area contributed by atoms with Crippen molar-refractivity contribution in [1.29, 1.82) is 0 Å². The van der Waals surface area contributed by atoms with E-state index >= 15 is 0 Å². The highest BCUT2D eigenvalue weighted by atomic mass is 28.3. The summed E-state index contributed by atoms with van der Waals surface area (Å²) < 4.78 is 15.0. The minimum absolute atomic E-state index is 0.344. The van der Waals surface area contributed by atoms with Crippen molar-refractivity contribution < 1.29 is 19.1 Å². The van der Waals surface area contributed by atoms with Gasteiger partial charge in [-0.25, -0.2) is 4.68 Å². The third-order valence-corrected chi connectivity index (χ3v) is 9.90. The van der Waals surface area contributed by atoms with Crippen molar-refractivity contribution in [3.63, 3.8) is 0 Å². The van der Waals surface area contributed by atoms with E-state index in [1.165, 1.54) is 4.68 Å². The van der Waals surface area contributed by atoms with E-state index in [9.17, 15) is 9.59 Å². The number of benzene rings is 3. The maximum atomic E-state index is 14.3. The summed E-state index contributed by atoms with van der Waals surface area (Å²) in [5.41, 5.74) is 5.24. The van der Waals surface area contributed by atoms with Crippen LogP contribution in [0.3, 0.4) is 0 Å². The van der Waals surface area contributed by atoms with E-state index in [2.05, 4.69) is 40.5 Å². The molecule has 0 fully saturated rings. The van der Waals surface area contributed by atoms with Crippen molar-refractivity contribution in [2.75, 3.05) is 19.0 Å². The lowest BCUT2D eigenvalue weighted by molar-refractivity contribution is -0.118. The van der Waals surface area contributed by atoms with Crippen molar-refractivity contribution in [2.24, 2.45) is 7.05 Å². The van der Waals surface area contributed by atoms with Crippen molar-refractivity contribution >= 4 is 25.6 Å². The monoisotopic (exact) mass is 664 g/mol. The molecular weight excluding hydrogens is 621 g/mol. The quantitative estimate of drug-likeness (QED) is 0.104. The van der Waals surface area contributed by atoms with Gasteiger partial charge in [0.2, 0.25) is 5.91 Å². The molecule has 2 amide bonds. The number of hydrogen-bond acceptors (Lipinski definition) is 6. The highest BCUT2D eigenvalue weighted by molar-refractivity contribution is 6.76. The Morgan fingerprint density at radius 1 is 0.917 bits per heavy atom. The van der Waals surface area contributed by atoms with Crippen molar-refractivity contribution in [1.82, 2.24) is 24.9 Å². The molecule has 0 spiro atoms. The number of anilines is 1. The van der Waals surface area contributed by atoms with Crippen LogP contribution in [-0.4, -0.2) is 59.2 Å². The number of nitrogens with one attached hydrogen (secondary N) is 2. The van der Waals surface area contributed by atoms with Gasteiger partial charge in [0.1, 0.15) is 24.2 Å². The summed E-state index contributed by atoms with van der Waals surface area (Å²) in [7, 11) is 2.11. The number of nitrogens with zero attached hydrogens (tertiary/aromatic N) is 4. The number of carbonyl (C=O) groups is 2. The minimum Gasteiger partial charge on any atom is -0.496 e. The summed E-state index contributed by atoms with van der Waals surface area (Å²) >= 11 is 0. The van der Waals surface area contributed by atoms with E-state index in [1.54, 1.807) is 37.2 Å². The molecule has 0 aliphatic rings. The van der Waals surface area contributed by atoms with Gasteiger partial charge in [-0.1, -0.05) is 80.3 Å². The maximum Gasteiger partial charge on any atom is 0.270 e. The first-order valence-electron chi connectivity index (χ1n) is 16.0. The van der Waals surface area contributed by atoms with Gasteiger partial charge in [0.05, 0.1) is 12.8 Å². The fraction of sp³-hybridized carbons (Fsp3) is 0.297. The Bertz CT molecular complexity index is 1790. The third kappa shape index (κ3) is 8.47. The molecule has 0 aliphatic heterocycles. The summed E-state index contributed by atoms with van der Waals surface area (Å²) in [6.45, 7) is 10.0. The molecule has 5 rings (SSSR count). The highest BCUT2D eigenvalue weighted by Crippen LogP contribution is 2.35. The average Bonchev–Trinajstić information content (AvgIpc) is 3.67. The van der Waals surface area contributed by atoms with Crippen LogP contribution in [0.5, 0.6) is 5.75 Å². The third-order valence-electron chi connectivity index (χ3n) is 8.20. The van der Waals surface area contributed by atoms with E-state index < -0.39 is 25.9 Å². The molecule has 5 aromatic rings. The number of methoxy groups -OCH3 is 1. The van der Waals surface area contributed by atoms with E-state index in [1.807, 2.05) is 85.9 Å². The van der Waals surface area contributed by atoms with Crippen LogP contribution in [0.1, 0.15) is 33.2 Å². The highest BCUT2D eigenvalue weighted by Gasteiger charge is 2.33. The van der Waals surface area contributed by atoms with E-state index in [0.717, 1.165) is 34.0 Å². The molecule has 1 atom stereocenters. The van der Waals surface area contributed by atoms with E-state index in [0.29, 0.717) is 30.5 Å². The van der Waals surface area contributed by atoms with Crippen LogP contribution in [0.15, 0.2) is 97.3 Å². The van der Waals surface area contributed by atoms with Crippen LogP contribution >= 0.6 is 0 Å². The van der Waals surface area contributed by atoms with Gasteiger partial charge in [-0.15, -0.1) is 0 Å². The van der Waals surface area contributed by atoms with E-state index in [4.69, 9.17) is 9.47 Å². The van der Waals surface area contributed by atoms with Crippen molar-refractivity contribution in [3.05, 3.63) is 120 Å². The van der Waals surface area contributed by atoms with Gasteiger partial charge >= 0.3 is 0 Å². The van der Waals surface area contributed by atoms with Gasteiger partial charge in [-0.2, -0.15) is 10.2 Å². The van der Waals surface area contributed by atoms with Gasteiger partial charge in [0.15, 0.2) is 0 Å². The fourth-order valence-corrected chi connectivity index (χ4v) is 6.36. The largest absolute Gasteiger partial charge is 0.496 e. The first kappa shape index (κ1) is 34.3. The molecule has 2 aromatic heterocycles. The second-order valence-electron chi connectivity index (χ2n) is 13.0. The summed E-state index contributed by atoms with van der Waals surface area (Å²) in [4.78, 5) is 27.8. The van der Waals surface area contributed by atoms with Gasteiger partial charge < -0.3 is 20.1 Å². The van der Waals surface area contributed by atoms with Crippen LogP contribution in [-0.2, 0) is 23.3 Å². The molecule has 0 bridgehead atoms. The van der Waals surface area contributed by atoms with Gasteiger partial charge in [0.25, 0.3) is 5.91 Å². The number of rotatable bonds is 14. The second kappa shape index (κ2) is 15.3. The number of hydrogen-bond donors (Lipinski definition) is 2. The molecule has 2 N–H and O–H groups in total. The molecule has 250 valence electrons. The van der Waals surface area contributed by atoms with Crippen LogP contribution in [0.25, 0.3) is 11.1 Å². The standard InChI is InChI=1S/C37H44N6O4Si/c1-26-31(24-43(41-26)25-47-21-22-48(4,5)6)30-18-17-29(23-33(30)46-3)39-37(45)35(40-36(44)32-19-20-38-42(32)2)34(27-13-9-7-10-14-27)28-15-11-8-12-16-28/h7-20,23-24,34-35H,21-22,25H2,1-6H3,(H,39,45)(H,40,44). The minimum atomic E-state index is -1.18. The lowest BCUT2D eigenvalue weighted by Crippen LogP contribution is -2.48. The summed E-state index contributed by atoms with van der Waals surface area (Å²) in [5, 5.41) is 14.9. The van der Waals surface area contributed by atoms with Crippen molar-refractivity contribution in [2.45, 2.75) is 51.3 Å². The molecule has 0 radical (unpaired) electrons. The molecule has 11 heteroatoms. The number of ether oxygens (including phenoxy) is 2. The zero-order valence-corrected chi connectivity index (χ0v) is 29.4. The summed E-state index contributed by atoms with van der Waals surface area (Å²) in [5.74, 6) is -0.685. The zero-order chi connectivity index (χ0) is 34.3. The molecule has 1 unspecified atom stereocenters. The Hall–Kier alpha value is -5.00. The molecule has 2 heterocycles. The molecule has 10 nitrogen and oxygen atoms in total. The number of amides is 2. The Labute approximate surface area is 283 Å². The molecule has 0 saturated heterocycles. The zero-order valence-electron chi connectivity index (χ0n) is 28.4. The normalized spacial score (nSPS) is 12.1. The van der Waals surface area contributed by atoms with E-state index in [-0.39, 0.29) is 5.91 Å². The molecule has 3 aromatic carbocycles. The topological polar surface area (TPSA) is 112 Å². The van der Waals surface area contributed by atoms with Crippen LogP contribution in [0.2, 0.25) is 25.7 Å². The Morgan fingerprint density at radius 3 is 2.17 bits per heavy atom. The molecule has 0 aliphatic carbocycles. The van der Waals surface area contributed by atoms with Gasteiger partial charge in [-0.3, -0.25) is 14.3 Å². The average molecular weight is 665 g/mol. The predicted octanol–water partition coefficient (Wildman–Crippen LogP) is 6.48. The first-order valence-corrected chi connectivity index (χ1v) is 19.7. The van der Waals surface area contributed by atoms with Gasteiger partial charge in [-0.05, 0) is 42.3 Å². The van der Waals surface area contributed by atoms with Crippen LogP contribution in [0, 0.1) is 6.92 Å². The number of aryl methyl sites for hydroxylation is 2. The molecule has 48 heavy (non-hydrogen) atoms. The van der Waals surface area contributed by atoms with Gasteiger partial charge in [0, 0.05) is 62.9 Å².